The minimum Gasteiger partial charge on any atom is -0.368 e. The third-order valence-corrected chi connectivity index (χ3v) is 5.82. The van der Waals surface area contributed by atoms with Crippen molar-refractivity contribution in [2.45, 2.75) is 17.2 Å². The van der Waals surface area contributed by atoms with Crippen molar-refractivity contribution < 1.29 is 4.79 Å². The van der Waals surface area contributed by atoms with E-state index in [0.717, 1.165) is 13.1 Å². The van der Waals surface area contributed by atoms with Crippen LogP contribution in [0.15, 0.2) is 41.7 Å². The van der Waals surface area contributed by atoms with E-state index in [4.69, 9.17) is 11.6 Å². The molecule has 1 atom stereocenters. The van der Waals surface area contributed by atoms with Gasteiger partial charge < -0.3 is 14.8 Å². The van der Waals surface area contributed by atoms with Crippen molar-refractivity contribution in [1.29, 1.82) is 0 Å². The summed E-state index contributed by atoms with van der Waals surface area (Å²) in [6.07, 6.45) is 1.55. The normalized spacial score (nSPS) is 15.9. The molecule has 3 heterocycles. The molecule has 9 heteroatoms. The quantitative estimate of drug-likeness (QED) is 0.410. The van der Waals surface area contributed by atoms with Crippen molar-refractivity contribution in [1.82, 2.24) is 24.8 Å². The Hall–Kier alpha value is -2.32. The summed E-state index contributed by atoms with van der Waals surface area (Å²) in [4.78, 5) is 32.6. The van der Waals surface area contributed by atoms with Gasteiger partial charge in [-0.05, 0) is 30.7 Å². The Kier molecular flexibility index (Phi) is 5.18. The van der Waals surface area contributed by atoms with Crippen LogP contribution in [0, 0.1) is 0 Å². The highest BCUT2D eigenvalue weighted by atomic mass is 35.5. The van der Waals surface area contributed by atoms with E-state index in [1.54, 1.807) is 6.33 Å². The molecule has 1 aromatic carbocycles. The molecule has 0 aliphatic carbocycles. The van der Waals surface area contributed by atoms with Crippen LogP contribution < -0.4 is 4.90 Å². The van der Waals surface area contributed by atoms with E-state index in [-0.39, 0.29) is 16.4 Å². The number of aromatic nitrogens is 4. The molecule has 1 aliphatic rings. The first-order valence-corrected chi connectivity index (χ1v) is 9.99. The largest absolute Gasteiger partial charge is 0.368 e. The summed E-state index contributed by atoms with van der Waals surface area (Å²) in [5.74, 6) is 0.107. The Balaban J connectivity index is 1.40. The number of aromatic amines is 1. The number of benzene rings is 1. The van der Waals surface area contributed by atoms with Crippen molar-refractivity contribution in [2.24, 2.45) is 0 Å². The van der Waals surface area contributed by atoms with Crippen molar-refractivity contribution >= 4 is 46.1 Å². The second-order valence-electron chi connectivity index (χ2n) is 6.31. The maximum atomic E-state index is 12.9. The lowest BCUT2D eigenvalue weighted by atomic mass is 10.2. The number of hydrogen-bond donors (Lipinski definition) is 1. The molecule has 1 saturated heterocycles. The number of anilines is 1. The monoisotopic (exact) mass is 402 g/mol. The topological polar surface area (TPSA) is 78.0 Å². The molecule has 0 saturated carbocycles. The number of halogens is 1. The standard InChI is InChI=1S/C18H19ClN6OS/c1-12(27-16-14-15(21-11-20-14)22-18(19)23-16)17(26)25-9-7-24(8-10-25)13-5-3-2-4-6-13/h2-6,11-12H,7-10H2,1H3,(H,20,21,22,23)/t12-/m1/s1. The lowest BCUT2D eigenvalue weighted by Gasteiger charge is -2.37. The molecule has 27 heavy (non-hydrogen) atoms. The SMILES string of the molecule is C[C@@H](Sc1nc(Cl)nc2nc[nH]c12)C(=O)N1CCN(c2ccccc2)CC1. The van der Waals surface area contributed by atoms with Crippen LogP contribution in [0.1, 0.15) is 6.92 Å². The van der Waals surface area contributed by atoms with E-state index >= 15 is 0 Å². The van der Waals surface area contributed by atoms with Gasteiger partial charge in [0, 0.05) is 31.9 Å². The number of amides is 1. The van der Waals surface area contributed by atoms with Crippen molar-refractivity contribution in [2.75, 3.05) is 31.1 Å². The molecule has 7 nitrogen and oxygen atoms in total. The van der Waals surface area contributed by atoms with Gasteiger partial charge in [0.1, 0.15) is 10.5 Å². The lowest BCUT2D eigenvalue weighted by Crippen LogP contribution is -2.50. The molecule has 140 valence electrons. The first-order valence-electron chi connectivity index (χ1n) is 8.74. The summed E-state index contributed by atoms with van der Waals surface area (Å²) in [5, 5.41) is 0.505. The number of carbonyl (C=O) groups excluding carboxylic acids is 1. The zero-order valence-corrected chi connectivity index (χ0v) is 16.4. The predicted octanol–water partition coefficient (Wildman–Crippen LogP) is 2.84. The van der Waals surface area contributed by atoms with Gasteiger partial charge in [0.15, 0.2) is 5.65 Å². The molecule has 0 bridgehead atoms. The second kappa shape index (κ2) is 7.74. The summed E-state index contributed by atoms with van der Waals surface area (Å²) in [7, 11) is 0. The summed E-state index contributed by atoms with van der Waals surface area (Å²) in [5.41, 5.74) is 2.41. The van der Waals surface area contributed by atoms with Crippen LogP contribution >= 0.6 is 23.4 Å². The van der Waals surface area contributed by atoms with Gasteiger partial charge in [-0.3, -0.25) is 4.79 Å². The van der Waals surface area contributed by atoms with E-state index in [2.05, 4.69) is 37.0 Å². The fraction of sp³-hybridized carbons (Fsp3) is 0.333. The summed E-state index contributed by atoms with van der Waals surface area (Å²) >= 11 is 7.36. The molecule has 1 amide bonds. The van der Waals surface area contributed by atoms with E-state index < -0.39 is 0 Å². The average molecular weight is 403 g/mol. The van der Waals surface area contributed by atoms with Crippen LogP contribution in [0.25, 0.3) is 11.2 Å². The summed E-state index contributed by atoms with van der Waals surface area (Å²) in [6, 6.07) is 10.3. The minimum absolute atomic E-state index is 0.107. The molecule has 1 N–H and O–H groups in total. The van der Waals surface area contributed by atoms with Crippen LogP contribution in [0.2, 0.25) is 5.28 Å². The van der Waals surface area contributed by atoms with Crippen LogP contribution in [0.3, 0.4) is 0 Å². The van der Waals surface area contributed by atoms with Gasteiger partial charge in [0.2, 0.25) is 11.2 Å². The third kappa shape index (κ3) is 3.86. The number of para-hydroxylation sites is 1. The van der Waals surface area contributed by atoms with Crippen molar-refractivity contribution in [3.05, 3.63) is 41.9 Å². The predicted molar refractivity (Wildman–Crippen MR) is 107 cm³/mol. The highest BCUT2D eigenvalue weighted by molar-refractivity contribution is 8.00. The zero-order chi connectivity index (χ0) is 18.8. The maximum absolute atomic E-state index is 12.9. The molecule has 0 radical (unpaired) electrons. The number of thioether (sulfide) groups is 1. The molecule has 4 rings (SSSR count). The molecular formula is C18H19ClN6OS. The summed E-state index contributed by atoms with van der Waals surface area (Å²) < 4.78 is 0. The molecule has 0 unspecified atom stereocenters. The Morgan fingerprint density at radius 3 is 2.67 bits per heavy atom. The number of fused-ring (bicyclic) bond motifs is 1. The molecule has 2 aromatic heterocycles. The highest BCUT2D eigenvalue weighted by Crippen LogP contribution is 2.29. The number of piperazine rings is 1. The molecular weight excluding hydrogens is 384 g/mol. The number of rotatable bonds is 4. The first kappa shape index (κ1) is 18.1. The number of H-pyrrole nitrogens is 1. The van der Waals surface area contributed by atoms with Gasteiger partial charge in [-0.15, -0.1) is 0 Å². The Bertz CT molecular complexity index is 941. The molecule has 0 spiro atoms. The van der Waals surface area contributed by atoms with Gasteiger partial charge in [-0.25, -0.2) is 9.97 Å². The van der Waals surface area contributed by atoms with Crippen molar-refractivity contribution in [3.8, 4) is 0 Å². The number of carbonyl (C=O) groups is 1. The number of nitrogens with one attached hydrogen (secondary N) is 1. The van der Waals surface area contributed by atoms with Crippen LogP contribution in [-0.4, -0.2) is 62.2 Å². The van der Waals surface area contributed by atoms with Gasteiger partial charge in [-0.1, -0.05) is 30.0 Å². The van der Waals surface area contributed by atoms with E-state index in [9.17, 15) is 4.79 Å². The van der Waals surface area contributed by atoms with E-state index in [1.165, 1.54) is 17.4 Å². The Labute approximate surface area is 166 Å². The fourth-order valence-corrected chi connectivity index (χ4v) is 4.37. The lowest BCUT2D eigenvalue weighted by molar-refractivity contribution is -0.130. The Morgan fingerprint density at radius 2 is 1.93 bits per heavy atom. The van der Waals surface area contributed by atoms with Gasteiger partial charge in [-0.2, -0.15) is 4.98 Å². The zero-order valence-electron chi connectivity index (χ0n) is 14.8. The van der Waals surface area contributed by atoms with Gasteiger partial charge >= 0.3 is 0 Å². The third-order valence-electron chi connectivity index (χ3n) is 4.57. The average Bonchev–Trinajstić information content (AvgIpc) is 3.17. The molecule has 1 aliphatic heterocycles. The number of hydrogen-bond acceptors (Lipinski definition) is 6. The second-order valence-corrected chi connectivity index (χ2v) is 7.97. The smallest absolute Gasteiger partial charge is 0.235 e. The van der Waals surface area contributed by atoms with Crippen LogP contribution in [-0.2, 0) is 4.79 Å². The van der Waals surface area contributed by atoms with Crippen molar-refractivity contribution in [3.63, 3.8) is 0 Å². The number of imidazole rings is 1. The molecule has 3 aromatic rings. The number of nitrogens with zero attached hydrogens (tertiary/aromatic N) is 5. The highest BCUT2D eigenvalue weighted by Gasteiger charge is 2.26. The first-order chi connectivity index (χ1) is 13.1. The van der Waals surface area contributed by atoms with Gasteiger partial charge in [0.25, 0.3) is 0 Å². The summed E-state index contributed by atoms with van der Waals surface area (Å²) in [6.45, 7) is 4.98. The van der Waals surface area contributed by atoms with Gasteiger partial charge in [0.05, 0.1) is 11.6 Å². The van der Waals surface area contributed by atoms with Crippen LogP contribution in [0.5, 0.6) is 0 Å². The van der Waals surface area contributed by atoms with E-state index in [1.807, 2.05) is 30.0 Å². The molecule has 1 fully saturated rings. The maximum Gasteiger partial charge on any atom is 0.235 e. The minimum atomic E-state index is -0.272. The van der Waals surface area contributed by atoms with E-state index in [0.29, 0.717) is 29.3 Å². The van der Waals surface area contributed by atoms with Crippen LogP contribution in [0.4, 0.5) is 5.69 Å². The fourth-order valence-electron chi connectivity index (χ4n) is 3.17. The Morgan fingerprint density at radius 1 is 1.19 bits per heavy atom.